The van der Waals surface area contributed by atoms with E-state index in [1.807, 2.05) is 35.2 Å². The molecule has 0 spiro atoms. The van der Waals surface area contributed by atoms with Crippen LogP contribution in [-0.2, 0) is 9.53 Å². The van der Waals surface area contributed by atoms with Crippen molar-refractivity contribution >= 4 is 22.8 Å². The molecule has 5 nitrogen and oxygen atoms in total. The van der Waals surface area contributed by atoms with E-state index in [4.69, 9.17) is 4.74 Å². The van der Waals surface area contributed by atoms with Gasteiger partial charge in [0.25, 0.3) is 0 Å². The van der Waals surface area contributed by atoms with Crippen LogP contribution in [0.2, 0.25) is 0 Å². The fraction of sp³-hybridized carbons (Fsp3) is 0.389. The molecular formula is C18H18N2O3. The van der Waals surface area contributed by atoms with E-state index in [1.54, 1.807) is 6.07 Å². The monoisotopic (exact) mass is 310 g/mol. The van der Waals surface area contributed by atoms with Crippen molar-refractivity contribution in [3.05, 3.63) is 42.1 Å². The van der Waals surface area contributed by atoms with E-state index in [0.29, 0.717) is 24.7 Å². The van der Waals surface area contributed by atoms with E-state index in [2.05, 4.69) is 4.98 Å². The van der Waals surface area contributed by atoms with Gasteiger partial charge in [0.1, 0.15) is 5.69 Å². The maximum atomic E-state index is 12.2. The molecule has 118 valence electrons. The second kappa shape index (κ2) is 5.65. The molecule has 1 saturated heterocycles. The molecule has 5 heteroatoms. The van der Waals surface area contributed by atoms with Crippen molar-refractivity contribution in [2.45, 2.75) is 25.3 Å². The molecule has 0 radical (unpaired) electrons. The number of carbonyl (C=O) groups excluding carboxylic acids is 2. The van der Waals surface area contributed by atoms with Gasteiger partial charge in [-0.3, -0.25) is 4.79 Å². The third-order valence-electron chi connectivity index (χ3n) is 4.48. The van der Waals surface area contributed by atoms with Gasteiger partial charge in [-0.15, -0.1) is 0 Å². The lowest BCUT2D eigenvalue weighted by Gasteiger charge is -2.15. The zero-order chi connectivity index (χ0) is 15.8. The highest BCUT2D eigenvalue weighted by Gasteiger charge is 2.39. The molecule has 2 aliphatic rings. The van der Waals surface area contributed by atoms with E-state index < -0.39 is 5.97 Å². The minimum absolute atomic E-state index is 0.104. The predicted molar refractivity (Wildman–Crippen MR) is 84.9 cm³/mol. The normalized spacial score (nSPS) is 21.0. The number of hydrogen-bond acceptors (Lipinski definition) is 4. The number of nitrogens with zero attached hydrogens (tertiary/aromatic N) is 2. The first-order valence-corrected chi connectivity index (χ1v) is 8.03. The third kappa shape index (κ3) is 2.91. The Hall–Kier alpha value is -2.43. The van der Waals surface area contributed by atoms with E-state index in [1.165, 1.54) is 0 Å². The van der Waals surface area contributed by atoms with Gasteiger partial charge in [-0.1, -0.05) is 24.3 Å². The second-order valence-corrected chi connectivity index (χ2v) is 6.34. The fourth-order valence-electron chi connectivity index (χ4n) is 3.11. The highest BCUT2D eigenvalue weighted by molar-refractivity contribution is 5.91. The molecule has 2 aromatic rings. The van der Waals surface area contributed by atoms with Crippen LogP contribution in [-0.4, -0.2) is 41.0 Å². The quantitative estimate of drug-likeness (QED) is 0.814. The Morgan fingerprint density at radius 3 is 2.87 bits per heavy atom. The van der Waals surface area contributed by atoms with Gasteiger partial charge >= 0.3 is 5.97 Å². The number of fused-ring (bicyclic) bond motifs is 1. The lowest BCUT2D eigenvalue weighted by Crippen LogP contribution is -2.28. The molecule has 1 aromatic heterocycles. The number of rotatable bonds is 4. The van der Waals surface area contributed by atoms with E-state index >= 15 is 0 Å². The van der Waals surface area contributed by atoms with Crippen molar-refractivity contribution in [1.29, 1.82) is 0 Å². The summed E-state index contributed by atoms with van der Waals surface area (Å²) in [4.78, 5) is 30.3. The Kier molecular flexibility index (Phi) is 3.48. The minimum atomic E-state index is -0.423. The molecule has 2 fully saturated rings. The number of ether oxygens (including phenoxy) is 1. The molecule has 1 atom stereocenters. The van der Waals surface area contributed by atoms with Crippen molar-refractivity contribution in [2.75, 3.05) is 13.2 Å². The summed E-state index contributed by atoms with van der Waals surface area (Å²) in [5, 5.41) is 0.991. The van der Waals surface area contributed by atoms with E-state index in [0.717, 1.165) is 23.7 Å². The van der Waals surface area contributed by atoms with Crippen molar-refractivity contribution in [2.24, 2.45) is 5.92 Å². The number of likely N-dealkylation sites (tertiary alicyclic amines) is 1. The smallest absolute Gasteiger partial charge is 0.356 e. The number of amides is 1. The zero-order valence-electron chi connectivity index (χ0n) is 12.8. The molecule has 0 N–H and O–H groups in total. The average Bonchev–Trinajstić information content (AvgIpc) is 3.35. The maximum absolute atomic E-state index is 12.2. The third-order valence-corrected chi connectivity index (χ3v) is 4.48. The number of esters is 1. The van der Waals surface area contributed by atoms with Crippen molar-refractivity contribution < 1.29 is 14.3 Å². The number of hydrogen-bond donors (Lipinski definition) is 0. The summed E-state index contributed by atoms with van der Waals surface area (Å²) in [6.07, 6.45) is 2.70. The van der Waals surface area contributed by atoms with Crippen LogP contribution in [0, 0.1) is 5.92 Å². The van der Waals surface area contributed by atoms with Crippen LogP contribution in [0.3, 0.4) is 0 Å². The summed E-state index contributed by atoms with van der Waals surface area (Å²) in [6.45, 7) is 0.990. The summed E-state index contributed by atoms with van der Waals surface area (Å²) in [5.41, 5.74) is 1.09. The Bertz CT molecular complexity index is 770. The van der Waals surface area contributed by atoms with Gasteiger partial charge in [-0.25, -0.2) is 9.78 Å². The van der Waals surface area contributed by atoms with Gasteiger partial charge in [-0.2, -0.15) is 0 Å². The minimum Gasteiger partial charge on any atom is -0.461 e. The molecule has 4 rings (SSSR count). The van der Waals surface area contributed by atoms with Crippen LogP contribution in [0.1, 0.15) is 29.8 Å². The number of para-hydroxylation sites is 1. The van der Waals surface area contributed by atoms with Crippen molar-refractivity contribution in [3.8, 4) is 0 Å². The molecule has 23 heavy (non-hydrogen) atoms. The van der Waals surface area contributed by atoms with Crippen LogP contribution in [0.15, 0.2) is 36.4 Å². The number of aromatic nitrogens is 1. The average molecular weight is 310 g/mol. The molecular weight excluding hydrogens is 292 g/mol. The molecule has 1 amide bonds. The summed E-state index contributed by atoms with van der Waals surface area (Å²) in [7, 11) is 0. The van der Waals surface area contributed by atoms with Gasteiger partial charge in [0.2, 0.25) is 5.91 Å². The first kappa shape index (κ1) is 14.2. The summed E-state index contributed by atoms with van der Waals surface area (Å²) in [5.74, 6) is -0.127. The van der Waals surface area contributed by atoms with Crippen molar-refractivity contribution in [1.82, 2.24) is 9.88 Å². The molecule has 2 heterocycles. The summed E-state index contributed by atoms with van der Waals surface area (Å²) >= 11 is 0. The number of pyridine rings is 1. The molecule has 0 bridgehead atoms. The van der Waals surface area contributed by atoms with Gasteiger partial charge in [-0.05, 0) is 25.0 Å². The van der Waals surface area contributed by atoms with Crippen LogP contribution in [0.5, 0.6) is 0 Å². The molecule has 1 aliphatic heterocycles. The number of benzene rings is 1. The largest absolute Gasteiger partial charge is 0.461 e. The summed E-state index contributed by atoms with van der Waals surface area (Å²) in [6, 6.07) is 11.6. The maximum Gasteiger partial charge on any atom is 0.356 e. The summed E-state index contributed by atoms with van der Waals surface area (Å²) < 4.78 is 5.38. The lowest BCUT2D eigenvalue weighted by molar-refractivity contribution is -0.128. The highest BCUT2D eigenvalue weighted by Crippen LogP contribution is 2.32. The Morgan fingerprint density at radius 2 is 2.04 bits per heavy atom. The predicted octanol–water partition coefficient (Wildman–Crippen LogP) is 2.40. The molecule has 1 aliphatic carbocycles. The molecule has 1 aromatic carbocycles. The van der Waals surface area contributed by atoms with Gasteiger partial charge in [0.05, 0.1) is 12.1 Å². The number of carbonyl (C=O) groups is 2. The standard InChI is InChI=1S/C18H18N2O3/c21-17-9-12(10-20(17)14-6-7-14)11-23-18(22)16-8-5-13-3-1-2-4-15(13)19-16/h1-5,8,12,14H,6-7,9-11H2/t12-/m1/s1. The first-order valence-electron chi connectivity index (χ1n) is 8.03. The Morgan fingerprint density at radius 1 is 1.22 bits per heavy atom. The fourth-order valence-corrected chi connectivity index (χ4v) is 3.11. The van der Waals surface area contributed by atoms with Crippen LogP contribution in [0.4, 0.5) is 0 Å². The second-order valence-electron chi connectivity index (χ2n) is 6.34. The van der Waals surface area contributed by atoms with Crippen LogP contribution >= 0.6 is 0 Å². The van der Waals surface area contributed by atoms with Crippen LogP contribution < -0.4 is 0 Å². The zero-order valence-corrected chi connectivity index (χ0v) is 12.8. The van der Waals surface area contributed by atoms with Crippen LogP contribution in [0.25, 0.3) is 10.9 Å². The highest BCUT2D eigenvalue weighted by atomic mass is 16.5. The first-order chi connectivity index (χ1) is 11.2. The molecule has 0 unspecified atom stereocenters. The lowest BCUT2D eigenvalue weighted by atomic mass is 10.1. The van der Waals surface area contributed by atoms with E-state index in [9.17, 15) is 9.59 Å². The Balaban J connectivity index is 1.38. The van der Waals surface area contributed by atoms with Crippen molar-refractivity contribution in [3.63, 3.8) is 0 Å². The van der Waals surface area contributed by atoms with Gasteiger partial charge in [0, 0.05) is 30.3 Å². The topological polar surface area (TPSA) is 59.5 Å². The van der Waals surface area contributed by atoms with Gasteiger partial charge in [0.15, 0.2) is 0 Å². The Labute approximate surface area is 134 Å². The molecule has 1 saturated carbocycles. The SMILES string of the molecule is O=C(OC[C@@H]1CC(=O)N(C2CC2)C1)c1ccc2ccccc2n1. The van der Waals surface area contributed by atoms with E-state index in [-0.39, 0.29) is 18.4 Å². The van der Waals surface area contributed by atoms with Gasteiger partial charge < -0.3 is 9.64 Å².